The van der Waals surface area contributed by atoms with Gasteiger partial charge in [-0.05, 0) is 42.7 Å². The molecule has 37 heavy (non-hydrogen) atoms. The van der Waals surface area contributed by atoms with Crippen molar-refractivity contribution < 1.29 is 28.0 Å². The van der Waals surface area contributed by atoms with Crippen LogP contribution < -0.4 is 16.0 Å². The van der Waals surface area contributed by atoms with Crippen LogP contribution in [0.15, 0.2) is 42.6 Å². The second-order valence-electron chi connectivity index (χ2n) is 8.78. The van der Waals surface area contributed by atoms with Gasteiger partial charge in [0, 0.05) is 41.4 Å². The zero-order valence-electron chi connectivity index (χ0n) is 19.7. The largest absolute Gasteiger partial charge is 0.347 e. The molecule has 1 fully saturated rings. The van der Waals surface area contributed by atoms with Crippen LogP contribution in [-0.2, 0) is 32.1 Å². The van der Waals surface area contributed by atoms with Crippen molar-refractivity contribution >= 4 is 46.7 Å². The highest BCUT2D eigenvalue weighted by atomic mass is 35.5. The van der Waals surface area contributed by atoms with Crippen molar-refractivity contribution in [2.75, 3.05) is 6.54 Å². The highest BCUT2D eigenvalue weighted by Crippen LogP contribution is 2.36. The monoisotopic (exact) mass is 554 g/mol. The van der Waals surface area contributed by atoms with Gasteiger partial charge in [0.1, 0.15) is 6.04 Å². The summed E-state index contributed by atoms with van der Waals surface area (Å²) in [6.45, 7) is -0.482. The molecule has 1 aliphatic carbocycles. The van der Waals surface area contributed by atoms with Crippen LogP contribution in [0.1, 0.15) is 36.9 Å². The van der Waals surface area contributed by atoms with Crippen LogP contribution in [0.25, 0.3) is 0 Å². The summed E-state index contributed by atoms with van der Waals surface area (Å²) in [7, 11) is 0. The number of carbonyl (C=O) groups excluding carboxylic acids is 4. The summed E-state index contributed by atoms with van der Waals surface area (Å²) < 4.78 is 26.7. The second-order valence-corrected chi connectivity index (χ2v) is 9.62. The molecule has 198 valence electrons. The fourth-order valence-corrected chi connectivity index (χ4v) is 4.38. The van der Waals surface area contributed by atoms with Gasteiger partial charge in [-0.2, -0.15) is 0 Å². The lowest BCUT2D eigenvalue weighted by Crippen LogP contribution is -2.51. The number of rotatable bonds is 10. The maximum Gasteiger partial charge on any atom is 0.289 e. The first kappa shape index (κ1) is 28.5. The van der Waals surface area contributed by atoms with Gasteiger partial charge in [0.25, 0.3) is 5.91 Å². The van der Waals surface area contributed by atoms with E-state index in [9.17, 15) is 28.0 Å². The van der Waals surface area contributed by atoms with Crippen molar-refractivity contribution in [1.82, 2.24) is 20.9 Å². The van der Waals surface area contributed by atoms with E-state index in [0.717, 1.165) is 0 Å². The molecule has 12 heteroatoms. The molecule has 1 atom stereocenters. The van der Waals surface area contributed by atoms with Gasteiger partial charge in [0.2, 0.25) is 23.5 Å². The fraction of sp³-hybridized carbons (Fsp3) is 0.400. The number of halogens is 4. The van der Waals surface area contributed by atoms with Crippen LogP contribution in [0.3, 0.4) is 0 Å². The summed E-state index contributed by atoms with van der Waals surface area (Å²) in [5, 5.41) is 7.98. The lowest BCUT2D eigenvalue weighted by Gasteiger charge is -2.27. The number of amides is 3. The maximum absolute atomic E-state index is 13.3. The normalized spacial score (nSPS) is 15.9. The molecule has 1 aliphatic rings. The van der Waals surface area contributed by atoms with E-state index >= 15 is 0 Å². The number of benzene rings is 1. The number of alkyl halides is 2. The van der Waals surface area contributed by atoms with E-state index in [0.29, 0.717) is 16.3 Å². The first-order valence-corrected chi connectivity index (χ1v) is 12.4. The molecule has 1 aromatic heterocycles. The first-order valence-electron chi connectivity index (χ1n) is 11.6. The Morgan fingerprint density at radius 3 is 2.43 bits per heavy atom. The Balaban J connectivity index is 1.62. The molecule has 1 aromatic carbocycles. The molecule has 3 N–H and O–H groups in total. The minimum atomic E-state index is -2.78. The molecular formula is C25H26Cl2F2N4O4. The van der Waals surface area contributed by atoms with Gasteiger partial charge < -0.3 is 16.0 Å². The van der Waals surface area contributed by atoms with Crippen LogP contribution >= 0.6 is 23.2 Å². The first-order chi connectivity index (χ1) is 17.5. The zero-order valence-corrected chi connectivity index (χ0v) is 21.2. The standard InChI is InChI=1S/C25H26Cl2F2N4O4/c26-17-5-4-16(19(27)12-17)11-20(22(35)24(37)31-13-18-3-1-2-10-30-18)33-21(34)14-32-23(36)15-6-8-25(28,29)9-7-15/h1-5,10,12,15,20H,6-9,11,13-14H2,(H,31,37)(H,32,36)(H,33,34)/t20-/m1/s1. The molecule has 1 heterocycles. The van der Waals surface area contributed by atoms with Crippen LogP contribution in [0.2, 0.25) is 10.0 Å². The molecule has 2 aromatic rings. The molecule has 3 rings (SSSR count). The van der Waals surface area contributed by atoms with E-state index in [1.807, 2.05) is 0 Å². The quantitative estimate of drug-likeness (QED) is 0.390. The molecule has 0 bridgehead atoms. The van der Waals surface area contributed by atoms with Crippen LogP contribution in [-0.4, -0.2) is 47.0 Å². The fourth-order valence-electron chi connectivity index (χ4n) is 3.89. The van der Waals surface area contributed by atoms with Crippen LogP contribution in [0, 0.1) is 5.92 Å². The number of Topliss-reactive ketones (excluding diaryl/α,β-unsaturated/α-hetero) is 1. The van der Waals surface area contributed by atoms with E-state index < -0.39 is 47.9 Å². The van der Waals surface area contributed by atoms with Gasteiger partial charge in [-0.15, -0.1) is 0 Å². The Labute approximate surface area is 222 Å². The Bertz CT molecular complexity index is 1140. The minimum Gasteiger partial charge on any atom is -0.347 e. The Morgan fingerprint density at radius 2 is 1.78 bits per heavy atom. The smallest absolute Gasteiger partial charge is 0.289 e. The Kier molecular flexibility index (Phi) is 9.93. The van der Waals surface area contributed by atoms with Crippen molar-refractivity contribution in [2.24, 2.45) is 5.92 Å². The number of nitrogens with zero attached hydrogens (tertiary/aromatic N) is 1. The third-order valence-electron chi connectivity index (χ3n) is 5.98. The topological polar surface area (TPSA) is 117 Å². The number of hydrogen-bond acceptors (Lipinski definition) is 5. The molecule has 1 saturated carbocycles. The predicted octanol–water partition coefficient (Wildman–Crippen LogP) is 3.24. The lowest BCUT2D eigenvalue weighted by molar-refractivity contribution is -0.140. The highest BCUT2D eigenvalue weighted by molar-refractivity contribution is 6.38. The number of ketones is 1. The summed E-state index contributed by atoms with van der Waals surface area (Å²) in [6, 6.07) is 8.42. The van der Waals surface area contributed by atoms with Crippen molar-refractivity contribution in [2.45, 2.75) is 50.6 Å². The van der Waals surface area contributed by atoms with Crippen molar-refractivity contribution in [3.05, 3.63) is 63.9 Å². The van der Waals surface area contributed by atoms with Crippen LogP contribution in [0.5, 0.6) is 0 Å². The molecular weight excluding hydrogens is 529 g/mol. The van der Waals surface area contributed by atoms with Gasteiger partial charge in [-0.3, -0.25) is 24.2 Å². The number of carbonyl (C=O) groups is 4. The van der Waals surface area contributed by atoms with Gasteiger partial charge >= 0.3 is 0 Å². The summed E-state index contributed by atoms with van der Waals surface area (Å²) in [5.41, 5.74) is 1.00. The molecule has 0 saturated heterocycles. The van der Waals surface area contributed by atoms with E-state index in [4.69, 9.17) is 23.2 Å². The third-order valence-corrected chi connectivity index (χ3v) is 6.57. The zero-order chi connectivity index (χ0) is 27.0. The summed E-state index contributed by atoms with van der Waals surface area (Å²) in [6.07, 6.45) is 0.706. The molecule has 0 aliphatic heterocycles. The molecule has 3 amide bonds. The highest BCUT2D eigenvalue weighted by Gasteiger charge is 2.37. The summed E-state index contributed by atoms with van der Waals surface area (Å²) >= 11 is 12.1. The number of pyridine rings is 1. The summed E-state index contributed by atoms with van der Waals surface area (Å²) in [5.74, 6) is -6.49. The molecule has 0 spiro atoms. The van der Waals surface area contributed by atoms with E-state index in [1.54, 1.807) is 36.5 Å². The lowest BCUT2D eigenvalue weighted by atomic mass is 9.86. The van der Waals surface area contributed by atoms with Crippen molar-refractivity contribution in [3.8, 4) is 0 Å². The van der Waals surface area contributed by atoms with Gasteiger partial charge in [0.15, 0.2) is 0 Å². The van der Waals surface area contributed by atoms with E-state index in [2.05, 4.69) is 20.9 Å². The molecule has 0 radical (unpaired) electrons. The second kappa shape index (κ2) is 12.9. The Morgan fingerprint density at radius 1 is 1.05 bits per heavy atom. The van der Waals surface area contributed by atoms with E-state index in [-0.39, 0.29) is 43.7 Å². The van der Waals surface area contributed by atoms with Gasteiger partial charge in [-0.1, -0.05) is 35.3 Å². The van der Waals surface area contributed by atoms with Crippen LogP contribution in [0.4, 0.5) is 8.78 Å². The van der Waals surface area contributed by atoms with Crippen molar-refractivity contribution in [1.29, 1.82) is 0 Å². The van der Waals surface area contributed by atoms with E-state index in [1.165, 1.54) is 6.07 Å². The molecule has 0 unspecified atom stereocenters. The maximum atomic E-state index is 13.3. The number of aromatic nitrogens is 1. The minimum absolute atomic E-state index is 0.00424. The average molecular weight is 555 g/mol. The Hall–Kier alpha value is -3.11. The van der Waals surface area contributed by atoms with Gasteiger partial charge in [-0.25, -0.2) is 8.78 Å². The molecule has 8 nitrogen and oxygen atoms in total. The van der Waals surface area contributed by atoms with Gasteiger partial charge in [0.05, 0.1) is 18.8 Å². The number of hydrogen-bond donors (Lipinski definition) is 3. The van der Waals surface area contributed by atoms with Crippen molar-refractivity contribution in [3.63, 3.8) is 0 Å². The predicted molar refractivity (Wildman–Crippen MR) is 133 cm³/mol. The summed E-state index contributed by atoms with van der Waals surface area (Å²) in [4.78, 5) is 54.5. The third kappa shape index (κ3) is 8.75. The average Bonchev–Trinajstić information content (AvgIpc) is 2.87. The number of nitrogens with one attached hydrogen (secondary N) is 3. The SMILES string of the molecule is O=C(CNC(=O)C1CCC(F)(F)CC1)N[C@H](Cc1ccc(Cl)cc1Cl)C(=O)C(=O)NCc1ccccn1.